The standard InChI is InChI=1S/C11H7N3S/c1-2-4-10-8(3-1)5-9(6-12-10)11-14-13-7-15-11/h1-7H. The first-order valence-corrected chi connectivity index (χ1v) is 5.43. The van der Waals surface area contributed by atoms with Crippen molar-refractivity contribution < 1.29 is 0 Å². The van der Waals surface area contributed by atoms with Crippen LogP contribution in [0.25, 0.3) is 21.5 Å². The van der Waals surface area contributed by atoms with Gasteiger partial charge in [-0.15, -0.1) is 10.2 Å². The molecule has 2 heterocycles. The summed E-state index contributed by atoms with van der Waals surface area (Å²) in [7, 11) is 0. The minimum atomic E-state index is 0.910. The van der Waals surface area contributed by atoms with Gasteiger partial charge in [-0.2, -0.15) is 0 Å². The van der Waals surface area contributed by atoms with E-state index in [1.165, 1.54) is 11.3 Å². The Morgan fingerprint density at radius 3 is 2.93 bits per heavy atom. The Balaban J connectivity index is 2.22. The van der Waals surface area contributed by atoms with E-state index in [-0.39, 0.29) is 0 Å². The molecule has 72 valence electrons. The molecular weight excluding hydrogens is 206 g/mol. The number of hydrogen-bond acceptors (Lipinski definition) is 4. The topological polar surface area (TPSA) is 38.7 Å². The monoisotopic (exact) mass is 213 g/mol. The average Bonchev–Trinajstić information content (AvgIpc) is 2.82. The van der Waals surface area contributed by atoms with Crippen molar-refractivity contribution in [2.24, 2.45) is 0 Å². The van der Waals surface area contributed by atoms with E-state index in [2.05, 4.69) is 21.2 Å². The van der Waals surface area contributed by atoms with Crippen molar-refractivity contribution in [2.45, 2.75) is 0 Å². The second kappa shape index (κ2) is 3.40. The van der Waals surface area contributed by atoms with E-state index in [1.54, 1.807) is 5.51 Å². The molecule has 0 atom stereocenters. The quantitative estimate of drug-likeness (QED) is 0.624. The first-order valence-electron chi connectivity index (χ1n) is 4.55. The Bertz CT molecular complexity index is 590. The van der Waals surface area contributed by atoms with Crippen molar-refractivity contribution in [1.29, 1.82) is 0 Å². The lowest BCUT2D eigenvalue weighted by molar-refractivity contribution is 1.09. The van der Waals surface area contributed by atoms with Crippen LogP contribution in [0.1, 0.15) is 0 Å². The molecule has 0 saturated heterocycles. The fourth-order valence-corrected chi connectivity index (χ4v) is 2.02. The van der Waals surface area contributed by atoms with E-state index in [4.69, 9.17) is 0 Å². The van der Waals surface area contributed by atoms with Crippen molar-refractivity contribution >= 4 is 22.2 Å². The summed E-state index contributed by atoms with van der Waals surface area (Å²) in [6.07, 6.45) is 1.84. The molecule has 0 fully saturated rings. The lowest BCUT2D eigenvalue weighted by Crippen LogP contribution is -1.82. The molecule has 0 saturated carbocycles. The summed E-state index contributed by atoms with van der Waals surface area (Å²) in [5.74, 6) is 0. The Morgan fingerprint density at radius 2 is 2.07 bits per heavy atom. The van der Waals surface area contributed by atoms with Gasteiger partial charge in [0.05, 0.1) is 5.52 Å². The summed E-state index contributed by atoms with van der Waals surface area (Å²) in [4.78, 5) is 4.38. The number of rotatable bonds is 1. The summed E-state index contributed by atoms with van der Waals surface area (Å²) in [6.45, 7) is 0. The van der Waals surface area contributed by atoms with Gasteiger partial charge in [0.1, 0.15) is 10.5 Å². The molecule has 2 aromatic heterocycles. The van der Waals surface area contributed by atoms with Gasteiger partial charge in [-0.3, -0.25) is 4.98 Å². The number of pyridine rings is 1. The molecule has 0 bridgehead atoms. The molecule has 3 aromatic rings. The van der Waals surface area contributed by atoms with Crippen LogP contribution in [0.2, 0.25) is 0 Å². The Hall–Kier alpha value is -1.81. The molecule has 3 rings (SSSR count). The van der Waals surface area contributed by atoms with Crippen LogP contribution in [0.3, 0.4) is 0 Å². The van der Waals surface area contributed by atoms with Crippen LogP contribution in [0, 0.1) is 0 Å². The maximum absolute atomic E-state index is 4.38. The van der Waals surface area contributed by atoms with Gasteiger partial charge >= 0.3 is 0 Å². The summed E-state index contributed by atoms with van der Waals surface area (Å²) in [6, 6.07) is 10.1. The van der Waals surface area contributed by atoms with Crippen LogP contribution in [-0.4, -0.2) is 15.2 Å². The van der Waals surface area contributed by atoms with Crippen LogP contribution in [0.4, 0.5) is 0 Å². The van der Waals surface area contributed by atoms with Crippen molar-refractivity contribution in [3.05, 3.63) is 42.0 Å². The van der Waals surface area contributed by atoms with Gasteiger partial charge in [0.25, 0.3) is 0 Å². The maximum Gasteiger partial charge on any atom is 0.149 e. The lowest BCUT2D eigenvalue weighted by atomic mass is 10.2. The molecule has 0 amide bonds. The van der Waals surface area contributed by atoms with Gasteiger partial charge in [-0.05, 0) is 12.1 Å². The highest BCUT2D eigenvalue weighted by Gasteiger charge is 2.02. The van der Waals surface area contributed by atoms with E-state index in [1.807, 2.05) is 30.5 Å². The summed E-state index contributed by atoms with van der Waals surface area (Å²) in [5.41, 5.74) is 3.76. The zero-order valence-electron chi connectivity index (χ0n) is 7.79. The third-order valence-corrected chi connectivity index (χ3v) is 2.94. The van der Waals surface area contributed by atoms with Gasteiger partial charge in [-0.25, -0.2) is 0 Å². The molecule has 0 aliphatic rings. The molecule has 0 aliphatic carbocycles. The van der Waals surface area contributed by atoms with Gasteiger partial charge in [0.15, 0.2) is 0 Å². The summed E-state index contributed by atoms with van der Waals surface area (Å²) >= 11 is 1.52. The van der Waals surface area contributed by atoms with E-state index >= 15 is 0 Å². The smallest absolute Gasteiger partial charge is 0.149 e. The second-order valence-electron chi connectivity index (χ2n) is 3.16. The van der Waals surface area contributed by atoms with Gasteiger partial charge in [-0.1, -0.05) is 29.5 Å². The number of nitrogens with zero attached hydrogens (tertiary/aromatic N) is 3. The molecule has 0 N–H and O–H groups in total. The molecule has 0 radical (unpaired) electrons. The van der Waals surface area contributed by atoms with Crippen LogP contribution >= 0.6 is 11.3 Å². The van der Waals surface area contributed by atoms with Crippen LogP contribution < -0.4 is 0 Å². The molecule has 4 heteroatoms. The predicted molar refractivity (Wildman–Crippen MR) is 60.6 cm³/mol. The fourth-order valence-electron chi connectivity index (χ4n) is 1.49. The van der Waals surface area contributed by atoms with E-state index < -0.39 is 0 Å². The molecule has 1 aromatic carbocycles. The minimum Gasteiger partial charge on any atom is -0.256 e. The zero-order chi connectivity index (χ0) is 10.1. The maximum atomic E-state index is 4.38. The van der Waals surface area contributed by atoms with Crippen molar-refractivity contribution in [3.8, 4) is 10.6 Å². The van der Waals surface area contributed by atoms with Crippen molar-refractivity contribution in [3.63, 3.8) is 0 Å². The average molecular weight is 213 g/mol. The molecule has 0 spiro atoms. The van der Waals surface area contributed by atoms with Crippen molar-refractivity contribution in [1.82, 2.24) is 15.2 Å². The molecule has 15 heavy (non-hydrogen) atoms. The number of fused-ring (bicyclic) bond motifs is 1. The Morgan fingerprint density at radius 1 is 1.13 bits per heavy atom. The molecule has 0 aliphatic heterocycles. The minimum absolute atomic E-state index is 0.910. The SMILES string of the molecule is c1ccc2ncc(-c3nncs3)cc2c1. The summed E-state index contributed by atoms with van der Waals surface area (Å²) < 4.78 is 0. The van der Waals surface area contributed by atoms with Crippen molar-refractivity contribution in [2.75, 3.05) is 0 Å². The van der Waals surface area contributed by atoms with Crippen LogP contribution in [0.5, 0.6) is 0 Å². The van der Waals surface area contributed by atoms with Crippen LogP contribution in [0.15, 0.2) is 42.0 Å². The second-order valence-corrected chi connectivity index (χ2v) is 3.99. The Labute approximate surface area is 90.4 Å². The first kappa shape index (κ1) is 8.49. The van der Waals surface area contributed by atoms with Gasteiger partial charge < -0.3 is 0 Å². The largest absolute Gasteiger partial charge is 0.256 e. The highest BCUT2D eigenvalue weighted by atomic mass is 32.1. The third kappa shape index (κ3) is 1.49. The predicted octanol–water partition coefficient (Wildman–Crippen LogP) is 2.75. The van der Waals surface area contributed by atoms with Gasteiger partial charge in [0.2, 0.25) is 0 Å². The van der Waals surface area contributed by atoms with Crippen LogP contribution in [-0.2, 0) is 0 Å². The normalized spacial score (nSPS) is 10.7. The summed E-state index contributed by atoms with van der Waals surface area (Å²) in [5, 5.41) is 9.88. The fraction of sp³-hybridized carbons (Fsp3) is 0. The third-order valence-electron chi connectivity index (χ3n) is 2.20. The Kier molecular flexibility index (Phi) is 1.93. The lowest BCUT2D eigenvalue weighted by Gasteiger charge is -1.98. The zero-order valence-corrected chi connectivity index (χ0v) is 8.61. The number of benzene rings is 1. The first-order chi connectivity index (χ1) is 7.43. The van der Waals surface area contributed by atoms with Gasteiger partial charge in [0, 0.05) is 17.1 Å². The number of aromatic nitrogens is 3. The number of para-hydroxylation sites is 1. The molecular formula is C11H7N3S. The highest BCUT2D eigenvalue weighted by molar-refractivity contribution is 7.12. The molecule has 3 nitrogen and oxygen atoms in total. The van der Waals surface area contributed by atoms with E-state index in [9.17, 15) is 0 Å². The highest BCUT2D eigenvalue weighted by Crippen LogP contribution is 2.23. The molecule has 0 unspecified atom stereocenters. The van der Waals surface area contributed by atoms with E-state index in [0.29, 0.717) is 0 Å². The van der Waals surface area contributed by atoms with E-state index in [0.717, 1.165) is 21.5 Å². The number of hydrogen-bond donors (Lipinski definition) is 0.